The number of imidazole rings is 1. The Morgan fingerprint density at radius 2 is 1.74 bits per heavy atom. The lowest BCUT2D eigenvalue weighted by molar-refractivity contribution is 0.0991. The number of primary amides is 2. The van der Waals surface area contributed by atoms with E-state index in [1.165, 1.54) is 19.2 Å². The number of methoxy groups -OCH3 is 1. The molecule has 0 unspecified atom stereocenters. The van der Waals surface area contributed by atoms with Crippen LogP contribution < -0.4 is 42.6 Å². The normalized spacial score (nSPS) is 11.2. The van der Waals surface area contributed by atoms with E-state index in [1.54, 1.807) is 27.4 Å². The largest absolute Gasteiger partial charge is 0.494 e. The van der Waals surface area contributed by atoms with Crippen molar-refractivity contribution < 1.29 is 23.9 Å². The van der Waals surface area contributed by atoms with Crippen LogP contribution in [0.3, 0.4) is 0 Å². The topological polar surface area (TPSA) is 219 Å². The van der Waals surface area contributed by atoms with Crippen LogP contribution in [0.15, 0.2) is 42.5 Å². The number of nitrogens with zero attached hydrogens (tertiary/aromatic N) is 4. The Bertz CT molecular complexity index is 1780. The molecule has 0 radical (unpaired) electrons. The Morgan fingerprint density at radius 3 is 2.41 bits per heavy atom. The van der Waals surface area contributed by atoms with Gasteiger partial charge in [-0.1, -0.05) is 12.2 Å². The number of amides is 3. The summed E-state index contributed by atoms with van der Waals surface area (Å²) in [4.78, 5) is 41.7. The molecule has 4 rings (SSSR count). The second kappa shape index (κ2) is 14.9. The SMILES string of the molecule is CCn1nc(C)cc1C(=O)Nc1nc2cc(C(N)=O)cc(OC)c2n1C/C=C/CNc1c(N)cc(C(N)=O)cc1OCCCNC. The van der Waals surface area contributed by atoms with E-state index >= 15 is 0 Å². The van der Waals surface area contributed by atoms with E-state index in [0.717, 1.165) is 13.0 Å². The minimum Gasteiger partial charge on any atom is -0.494 e. The predicted octanol–water partition coefficient (Wildman–Crippen LogP) is 2.26. The molecule has 4 aromatic rings. The van der Waals surface area contributed by atoms with Gasteiger partial charge in [0.2, 0.25) is 17.8 Å². The molecule has 9 N–H and O–H groups in total. The number of ether oxygens (including phenoxy) is 2. The number of aryl methyl sites for hydroxylation is 2. The molecule has 0 fully saturated rings. The first-order chi connectivity index (χ1) is 22.1. The molecule has 0 saturated carbocycles. The van der Waals surface area contributed by atoms with Gasteiger partial charge in [0.15, 0.2) is 0 Å². The third kappa shape index (κ3) is 7.55. The molecule has 0 atom stereocenters. The molecule has 46 heavy (non-hydrogen) atoms. The molecule has 244 valence electrons. The number of hydrogen-bond donors (Lipinski definition) is 6. The number of hydrogen-bond acceptors (Lipinski definition) is 10. The number of carbonyl (C=O) groups is 3. The van der Waals surface area contributed by atoms with Crippen LogP contribution in [0.5, 0.6) is 11.5 Å². The lowest BCUT2D eigenvalue weighted by Gasteiger charge is -2.16. The van der Waals surface area contributed by atoms with Gasteiger partial charge in [0.05, 0.1) is 30.6 Å². The van der Waals surface area contributed by atoms with Gasteiger partial charge in [-0.25, -0.2) is 4.98 Å². The molecule has 15 heteroatoms. The van der Waals surface area contributed by atoms with Crippen molar-refractivity contribution in [2.45, 2.75) is 33.4 Å². The number of allylic oxidation sites excluding steroid dienone is 1. The van der Waals surface area contributed by atoms with Gasteiger partial charge in [0.25, 0.3) is 5.91 Å². The minimum atomic E-state index is -0.637. The second-order valence-corrected chi connectivity index (χ2v) is 10.4. The molecule has 2 heterocycles. The summed E-state index contributed by atoms with van der Waals surface area (Å²) in [5, 5.41) is 13.5. The molecule has 0 bridgehead atoms. The van der Waals surface area contributed by atoms with E-state index in [9.17, 15) is 14.4 Å². The van der Waals surface area contributed by atoms with Crippen molar-refractivity contribution in [1.82, 2.24) is 24.6 Å². The highest BCUT2D eigenvalue weighted by atomic mass is 16.5. The Kier molecular flexibility index (Phi) is 10.8. The molecule has 0 spiro atoms. The lowest BCUT2D eigenvalue weighted by Crippen LogP contribution is -2.20. The van der Waals surface area contributed by atoms with Gasteiger partial charge in [0.1, 0.15) is 28.4 Å². The number of nitrogen functional groups attached to an aromatic ring is 1. The van der Waals surface area contributed by atoms with Crippen molar-refractivity contribution >= 4 is 46.1 Å². The van der Waals surface area contributed by atoms with E-state index < -0.39 is 17.7 Å². The van der Waals surface area contributed by atoms with Crippen molar-refractivity contribution in [3.05, 3.63) is 65.0 Å². The summed E-state index contributed by atoms with van der Waals surface area (Å²) < 4.78 is 14.9. The van der Waals surface area contributed by atoms with Gasteiger partial charge in [-0.3, -0.25) is 24.4 Å². The van der Waals surface area contributed by atoms with Gasteiger partial charge in [0, 0.05) is 30.8 Å². The lowest BCUT2D eigenvalue weighted by atomic mass is 10.1. The maximum Gasteiger partial charge on any atom is 0.276 e. The van der Waals surface area contributed by atoms with E-state index in [0.29, 0.717) is 65.0 Å². The van der Waals surface area contributed by atoms with E-state index in [4.69, 9.17) is 26.7 Å². The highest BCUT2D eigenvalue weighted by Crippen LogP contribution is 2.33. The van der Waals surface area contributed by atoms with Crippen LogP contribution in [0.1, 0.15) is 50.2 Å². The highest BCUT2D eigenvalue weighted by Gasteiger charge is 2.21. The smallest absolute Gasteiger partial charge is 0.276 e. The molecule has 3 amide bonds. The van der Waals surface area contributed by atoms with E-state index in [-0.39, 0.29) is 23.6 Å². The fraction of sp³-hybridized carbons (Fsp3) is 0.323. The highest BCUT2D eigenvalue weighted by molar-refractivity contribution is 6.04. The standard InChI is InChI=1S/C31H40N10O5/c1-5-41-23(13-18(2)39-41)30(44)38-31-37-22-15-20(29(34)43)17-25(45-4)27(22)40(31)11-7-6-10-36-26-21(32)14-19(28(33)42)16-24(26)46-12-8-9-35-3/h6-7,13-17,35-36H,5,8-12,32H2,1-4H3,(H2,33,42)(H2,34,43)(H,37,38,44)/b7-6+. The second-order valence-electron chi connectivity index (χ2n) is 10.4. The number of nitrogens with two attached hydrogens (primary N) is 3. The molecule has 0 aliphatic carbocycles. The Labute approximate surface area is 266 Å². The summed E-state index contributed by atoms with van der Waals surface area (Å²) >= 11 is 0. The van der Waals surface area contributed by atoms with E-state index in [1.807, 2.05) is 33.0 Å². The monoisotopic (exact) mass is 632 g/mol. The van der Waals surface area contributed by atoms with Crippen LogP contribution in [0.4, 0.5) is 17.3 Å². The molecule has 0 aliphatic heterocycles. The Hall–Kier alpha value is -5.57. The number of anilines is 3. The Morgan fingerprint density at radius 1 is 1.02 bits per heavy atom. The van der Waals surface area contributed by atoms with E-state index in [2.05, 4.69) is 26.0 Å². The number of fused-ring (bicyclic) bond motifs is 1. The van der Waals surface area contributed by atoms with Crippen molar-refractivity contribution in [1.29, 1.82) is 0 Å². The van der Waals surface area contributed by atoms with Crippen molar-refractivity contribution in [2.24, 2.45) is 11.5 Å². The summed E-state index contributed by atoms with van der Waals surface area (Å²) in [7, 11) is 3.33. The summed E-state index contributed by atoms with van der Waals surface area (Å²) in [6, 6.07) is 7.85. The van der Waals surface area contributed by atoms with Gasteiger partial charge >= 0.3 is 0 Å². The third-order valence-electron chi connectivity index (χ3n) is 7.07. The molecule has 0 saturated heterocycles. The average molecular weight is 633 g/mol. The molecule has 0 aliphatic rings. The summed E-state index contributed by atoms with van der Waals surface area (Å²) in [5.41, 5.74) is 20.6. The van der Waals surface area contributed by atoms with Crippen LogP contribution in [0.2, 0.25) is 0 Å². The number of aromatic nitrogens is 4. The van der Waals surface area contributed by atoms with Crippen LogP contribution in [-0.4, -0.2) is 70.9 Å². The van der Waals surface area contributed by atoms with Gasteiger partial charge < -0.3 is 41.9 Å². The molecule has 15 nitrogen and oxygen atoms in total. The van der Waals surface area contributed by atoms with Crippen molar-refractivity contribution in [3.63, 3.8) is 0 Å². The van der Waals surface area contributed by atoms with Crippen LogP contribution in [0.25, 0.3) is 11.0 Å². The molecule has 2 aromatic carbocycles. The third-order valence-corrected chi connectivity index (χ3v) is 7.07. The van der Waals surface area contributed by atoms with Gasteiger partial charge in [-0.15, -0.1) is 0 Å². The molecular formula is C31H40N10O5. The summed E-state index contributed by atoms with van der Waals surface area (Å²) in [6.07, 6.45) is 4.48. The van der Waals surface area contributed by atoms with Crippen LogP contribution in [0, 0.1) is 6.92 Å². The van der Waals surface area contributed by atoms with Crippen LogP contribution >= 0.6 is 0 Å². The summed E-state index contributed by atoms with van der Waals surface area (Å²) in [5.74, 6) is -0.620. The average Bonchev–Trinajstić information content (AvgIpc) is 3.58. The van der Waals surface area contributed by atoms with Crippen LogP contribution in [-0.2, 0) is 13.1 Å². The fourth-order valence-electron chi connectivity index (χ4n) is 4.87. The van der Waals surface area contributed by atoms with Gasteiger partial charge in [-0.05, 0) is 64.2 Å². The maximum absolute atomic E-state index is 13.3. The molecular weight excluding hydrogens is 592 g/mol. The minimum absolute atomic E-state index is 0.218. The Balaban J connectivity index is 1.61. The van der Waals surface area contributed by atoms with Crippen molar-refractivity contribution in [2.75, 3.05) is 50.2 Å². The number of nitrogens with one attached hydrogen (secondary N) is 3. The maximum atomic E-state index is 13.3. The van der Waals surface area contributed by atoms with Gasteiger partial charge in [-0.2, -0.15) is 5.10 Å². The zero-order chi connectivity index (χ0) is 33.4. The number of carbonyl (C=O) groups excluding carboxylic acids is 3. The quantitative estimate of drug-likeness (QED) is 0.0601. The predicted molar refractivity (Wildman–Crippen MR) is 176 cm³/mol. The number of rotatable bonds is 16. The van der Waals surface area contributed by atoms with Crippen molar-refractivity contribution in [3.8, 4) is 11.5 Å². The zero-order valence-corrected chi connectivity index (χ0v) is 26.3. The number of benzene rings is 2. The zero-order valence-electron chi connectivity index (χ0n) is 26.3. The summed E-state index contributed by atoms with van der Waals surface area (Å²) in [6.45, 7) is 6.01. The first kappa shape index (κ1) is 33.3. The first-order valence-electron chi connectivity index (χ1n) is 14.7. The fourth-order valence-corrected chi connectivity index (χ4v) is 4.87. The first-order valence-corrected chi connectivity index (χ1v) is 14.7. The molecule has 2 aromatic heterocycles.